The summed E-state index contributed by atoms with van der Waals surface area (Å²) in [6, 6.07) is 21.9. The number of halogens is 1. The summed E-state index contributed by atoms with van der Waals surface area (Å²) in [7, 11) is 0. The molecule has 4 bridgehead atoms. The van der Waals surface area contributed by atoms with E-state index in [0.29, 0.717) is 29.6 Å². The molecule has 6 unspecified atom stereocenters. The molecule has 134 valence electrons. The molecule has 0 aliphatic heterocycles. The zero-order chi connectivity index (χ0) is 17.9. The molecule has 2 N–H and O–H groups in total. The third kappa shape index (κ3) is 2.00. The minimum Gasteiger partial charge on any atom is -0.393 e. The van der Waals surface area contributed by atoms with Crippen LogP contribution in [0.4, 0.5) is 0 Å². The van der Waals surface area contributed by atoms with Gasteiger partial charge in [-0.2, -0.15) is 0 Å². The fraction of sp³-hybridized carbons (Fsp3) is 0.435. The lowest BCUT2D eigenvalue weighted by Gasteiger charge is -2.37. The van der Waals surface area contributed by atoms with Crippen LogP contribution in [0, 0.1) is 23.2 Å². The smallest absolute Gasteiger partial charge is 0.0793 e. The quantitative estimate of drug-likeness (QED) is 0.563. The number of nitrogens with two attached hydrogens (primary N) is 1. The summed E-state index contributed by atoms with van der Waals surface area (Å²) in [5, 5.41) is 0. The number of rotatable bonds is 5. The van der Waals surface area contributed by atoms with E-state index in [1.54, 1.807) is 0 Å². The first kappa shape index (κ1) is 16.8. The van der Waals surface area contributed by atoms with Crippen molar-refractivity contribution >= 4 is 28.8 Å². The molecule has 0 spiro atoms. The Balaban J connectivity index is 1.61. The fourth-order valence-electron chi connectivity index (χ4n) is 6.99. The molecule has 0 heterocycles. The van der Waals surface area contributed by atoms with Gasteiger partial charge < -0.3 is 5.73 Å². The Morgan fingerprint density at radius 3 is 2.27 bits per heavy atom. The molecule has 3 heteroatoms. The van der Waals surface area contributed by atoms with E-state index >= 15 is 0 Å². The molecular formula is C23H24ClNS. The van der Waals surface area contributed by atoms with Crippen LogP contribution in [0.3, 0.4) is 0 Å². The second-order valence-corrected chi connectivity index (χ2v) is 9.34. The Labute approximate surface area is 165 Å². The molecule has 2 aromatic rings. The van der Waals surface area contributed by atoms with Gasteiger partial charge in [-0.3, -0.25) is 0 Å². The Bertz CT molecular complexity index is 838. The first-order valence-electron chi connectivity index (χ1n) is 9.59. The van der Waals surface area contributed by atoms with E-state index in [4.69, 9.17) is 29.6 Å². The van der Waals surface area contributed by atoms with Crippen LogP contribution in [0.1, 0.15) is 36.3 Å². The first-order valence-corrected chi connectivity index (χ1v) is 10.5. The van der Waals surface area contributed by atoms with Crippen LogP contribution < -0.4 is 5.73 Å². The van der Waals surface area contributed by atoms with E-state index in [9.17, 15) is 0 Å². The van der Waals surface area contributed by atoms with Gasteiger partial charge in [-0.05, 0) is 53.6 Å². The molecular weight excluding hydrogens is 358 g/mol. The Kier molecular flexibility index (Phi) is 3.75. The van der Waals surface area contributed by atoms with E-state index < -0.39 is 0 Å². The van der Waals surface area contributed by atoms with Crippen molar-refractivity contribution in [2.24, 2.45) is 28.9 Å². The molecule has 0 saturated heterocycles. The second kappa shape index (κ2) is 5.81. The van der Waals surface area contributed by atoms with Gasteiger partial charge in [0.05, 0.1) is 4.99 Å². The van der Waals surface area contributed by atoms with E-state index in [1.165, 1.54) is 17.5 Å². The van der Waals surface area contributed by atoms with Crippen molar-refractivity contribution in [1.82, 2.24) is 0 Å². The van der Waals surface area contributed by atoms with Gasteiger partial charge in [0, 0.05) is 17.2 Å². The van der Waals surface area contributed by atoms with Gasteiger partial charge in [-0.1, -0.05) is 72.9 Å². The summed E-state index contributed by atoms with van der Waals surface area (Å²) in [4.78, 5) is 0.742. The number of hydrogen-bond acceptors (Lipinski definition) is 1. The predicted molar refractivity (Wildman–Crippen MR) is 112 cm³/mol. The summed E-state index contributed by atoms with van der Waals surface area (Å²) >= 11 is 12.2. The second-order valence-electron chi connectivity index (χ2n) is 8.59. The maximum atomic E-state index is 6.56. The largest absolute Gasteiger partial charge is 0.393 e. The monoisotopic (exact) mass is 381 g/mol. The lowest BCUT2D eigenvalue weighted by Crippen LogP contribution is -2.39. The van der Waals surface area contributed by atoms with Gasteiger partial charge >= 0.3 is 0 Å². The first-order chi connectivity index (χ1) is 12.6. The summed E-state index contributed by atoms with van der Waals surface area (Å²) in [6.45, 7) is 0. The molecule has 4 aliphatic rings. The van der Waals surface area contributed by atoms with Crippen LogP contribution in [0.15, 0.2) is 60.7 Å². The van der Waals surface area contributed by atoms with Crippen LogP contribution in [-0.2, 0) is 5.41 Å². The van der Waals surface area contributed by atoms with Crippen LogP contribution >= 0.6 is 23.8 Å². The number of alkyl halides is 1. The molecule has 26 heavy (non-hydrogen) atoms. The molecule has 0 aromatic heterocycles. The van der Waals surface area contributed by atoms with Crippen molar-refractivity contribution in [2.45, 2.75) is 30.6 Å². The van der Waals surface area contributed by atoms with Gasteiger partial charge in [0.2, 0.25) is 0 Å². The highest BCUT2D eigenvalue weighted by molar-refractivity contribution is 7.80. The molecule has 0 radical (unpaired) electrons. The predicted octanol–water partition coefficient (Wildman–Crippen LogP) is 5.28. The molecule has 0 amide bonds. The van der Waals surface area contributed by atoms with E-state index in [1.807, 2.05) is 0 Å². The van der Waals surface area contributed by atoms with Crippen LogP contribution in [0.2, 0.25) is 0 Å². The molecule has 2 aromatic carbocycles. The molecule has 1 nitrogen and oxygen atoms in total. The zero-order valence-electron chi connectivity index (χ0n) is 14.8. The van der Waals surface area contributed by atoms with Gasteiger partial charge in [-0.25, -0.2) is 0 Å². The van der Waals surface area contributed by atoms with E-state index in [0.717, 1.165) is 17.8 Å². The molecule has 4 saturated carbocycles. The molecule has 4 fully saturated rings. The SMILES string of the molecule is NC(=S)C12CC3C(C(CCl)c4ccccc4)C1CC3(c1ccccc1)C2. The van der Waals surface area contributed by atoms with Crippen molar-refractivity contribution < 1.29 is 0 Å². The topological polar surface area (TPSA) is 26.0 Å². The summed E-state index contributed by atoms with van der Waals surface area (Å²) in [6.07, 6.45) is 3.49. The number of benzene rings is 2. The molecule has 4 aliphatic carbocycles. The highest BCUT2D eigenvalue weighted by Gasteiger charge is 2.76. The van der Waals surface area contributed by atoms with Crippen molar-refractivity contribution in [3.8, 4) is 0 Å². The maximum absolute atomic E-state index is 6.56. The van der Waals surface area contributed by atoms with Crippen LogP contribution in [-0.4, -0.2) is 10.9 Å². The fourth-order valence-corrected chi connectivity index (χ4v) is 7.68. The molecule has 6 atom stereocenters. The Hall–Kier alpha value is -1.38. The highest BCUT2D eigenvalue weighted by Crippen LogP contribution is 2.80. The number of thiocarbonyl (C=S) groups is 1. The summed E-state index contributed by atoms with van der Waals surface area (Å²) in [5.74, 6) is 2.81. The third-order valence-corrected chi connectivity index (χ3v) is 8.59. The summed E-state index contributed by atoms with van der Waals surface area (Å²) < 4.78 is 0. The van der Waals surface area contributed by atoms with Gasteiger partial charge in [0.15, 0.2) is 0 Å². The zero-order valence-corrected chi connectivity index (χ0v) is 16.3. The Morgan fingerprint density at radius 2 is 1.69 bits per heavy atom. The van der Waals surface area contributed by atoms with Gasteiger partial charge in [0.25, 0.3) is 0 Å². The van der Waals surface area contributed by atoms with Crippen molar-refractivity contribution in [3.05, 3.63) is 71.8 Å². The van der Waals surface area contributed by atoms with Crippen molar-refractivity contribution in [1.29, 1.82) is 0 Å². The Morgan fingerprint density at radius 1 is 1.04 bits per heavy atom. The average molecular weight is 382 g/mol. The molecule has 6 rings (SSSR count). The van der Waals surface area contributed by atoms with Crippen molar-refractivity contribution in [2.75, 3.05) is 5.88 Å². The maximum Gasteiger partial charge on any atom is 0.0793 e. The average Bonchev–Trinajstić information content (AvgIpc) is 3.37. The van der Waals surface area contributed by atoms with Crippen molar-refractivity contribution in [3.63, 3.8) is 0 Å². The highest BCUT2D eigenvalue weighted by atomic mass is 35.5. The van der Waals surface area contributed by atoms with Crippen LogP contribution in [0.25, 0.3) is 0 Å². The lowest BCUT2D eigenvalue weighted by atomic mass is 9.67. The lowest BCUT2D eigenvalue weighted by molar-refractivity contribution is 0.234. The van der Waals surface area contributed by atoms with E-state index in [-0.39, 0.29) is 10.8 Å². The van der Waals surface area contributed by atoms with Gasteiger partial charge in [-0.15, -0.1) is 11.6 Å². The number of hydrogen-bond donors (Lipinski definition) is 1. The standard InChI is InChI=1S/C23H24ClNS/c24-13-17(15-7-3-1-4-8-15)20-18-12-23(21(25)26)14-22(18,11-19(20)23)16-9-5-2-6-10-16/h1-10,17-20H,11-14H2,(H2,25,26). The van der Waals surface area contributed by atoms with E-state index in [2.05, 4.69) is 60.7 Å². The normalized spacial score (nSPS) is 38.0. The van der Waals surface area contributed by atoms with Crippen LogP contribution in [0.5, 0.6) is 0 Å². The van der Waals surface area contributed by atoms with Gasteiger partial charge in [0.1, 0.15) is 0 Å². The summed E-state index contributed by atoms with van der Waals surface area (Å²) in [5.41, 5.74) is 9.49. The minimum atomic E-state index is 0.0413. The third-order valence-electron chi connectivity index (χ3n) is 7.85. The minimum absolute atomic E-state index is 0.0413.